The van der Waals surface area contributed by atoms with Gasteiger partial charge in [0.15, 0.2) is 0 Å². The van der Waals surface area contributed by atoms with Crippen molar-refractivity contribution in [2.24, 2.45) is 0 Å². The van der Waals surface area contributed by atoms with Gasteiger partial charge in [-0.1, -0.05) is 60.5 Å². The zero-order valence-electron chi connectivity index (χ0n) is 15.5. The van der Waals surface area contributed by atoms with Gasteiger partial charge in [-0.2, -0.15) is 0 Å². The molecule has 1 N–H and O–H groups in total. The van der Waals surface area contributed by atoms with Crippen molar-refractivity contribution in [3.63, 3.8) is 0 Å². The van der Waals surface area contributed by atoms with Crippen LogP contribution in [0.2, 0.25) is 5.02 Å². The van der Waals surface area contributed by atoms with Crippen molar-refractivity contribution in [1.82, 2.24) is 10.2 Å². The Hall–Kier alpha value is -2.33. The van der Waals surface area contributed by atoms with Gasteiger partial charge in [0.2, 0.25) is 11.8 Å². The molecule has 0 bridgehead atoms. The molecule has 0 aromatic heterocycles. The van der Waals surface area contributed by atoms with E-state index in [1.807, 2.05) is 43.3 Å². The SMILES string of the molecule is CCC(=O)N(Cc1ccc(Cl)cc1)[C@H](C)C(=O)NCc1ccc(C)cc1. The Labute approximate surface area is 160 Å². The fourth-order valence-corrected chi connectivity index (χ4v) is 2.74. The Kier molecular flexibility index (Phi) is 7.22. The summed E-state index contributed by atoms with van der Waals surface area (Å²) in [5, 5.41) is 3.56. The Morgan fingerprint density at radius 1 is 1.04 bits per heavy atom. The molecular weight excluding hydrogens is 348 g/mol. The fraction of sp³-hybridized carbons (Fsp3) is 0.333. The average Bonchev–Trinajstić information content (AvgIpc) is 2.65. The number of amides is 2. The van der Waals surface area contributed by atoms with E-state index in [1.54, 1.807) is 30.9 Å². The Morgan fingerprint density at radius 2 is 1.62 bits per heavy atom. The first kappa shape index (κ1) is 20.0. The van der Waals surface area contributed by atoms with Gasteiger partial charge in [-0.25, -0.2) is 0 Å². The maximum absolute atomic E-state index is 12.6. The second kappa shape index (κ2) is 9.39. The van der Waals surface area contributed by atoms with Crippen LogP contribution in [0.3, 0.4) is 0 Å². The van der Waals surface area contributed by atoms with Crippen molar-refractivity contribution < 1.29 is 9.59 Å². The summed E-state index contributed by atoms with van der Waals surface area (Å²) in [5.41, 5.74) is 3.15. The van der Waals surface area contributed by atoms with Crippen LogP contribution in [0.4, 0.5) is 0 Å². The predicted octanol–water partition coefficient (Wildman–Crippen LogP) is 4.09. The van der Waals surface area contributed by atoms with Crippen molar-refractivity contribution in [2.45, 2.75) is 46.3 Å². The number of halogens is 1. The molecule has 0 fully saturated rings. The first-order valence-electron chi connectivity index (χ1n) is 8.78. The van der Waals surface area contributed by atoms with Gasteiger partial charge in [0.1, 0.15) is 6.04 Å². The molecule has 0 heterocycles. The Balaban J connectivity index is 2.03. The van der Waals surface area contributed by atoms with Crippen LogP contribution in [0.25, 0.3) is 0 Å². The Morgan fingerprint density at radius 3 is 2.19 bits per heavy atom. The molecular formula is C21H25ClN2O2. The molecule has 0 radical (unpaired) electrons. The molecule has 2 aromatic carbocycles. The summed E-state index contributed by atoms with van der Waals surface area (Å²) in [5.74, 6) is -0.223. The third-order valence-electron chi connectivity index (χ3n) is 4.32. The van der Waals surface area contributed by atoms with Gasteiger partial charge in [0, 0.05) is 24.5 Å². The highest BCUT2D eigenvalue weighted by Crippen LogP contribution is 2.14. The number of carbonyl (C=O) groups is 2. The zero-order chi connectivity index (χ0) is 19.1. The van der Waals surface area contributed by atoms with Crippen LogP contribution in [-0.2, 0) is 22.7 Å². The van der Waals surface area contributed by atoms with Crippen LogP contribution in [0.1, 0.15) is 37.0 Å². The van der Waals surface area contributed by atoms with Crippen LogP contribution >= 0.6 is 11.6 Å². The van der Waals surface area contributed by atoms with Gasteiger partial charge in [0.05, 0.1) is 0 Å². The summed E-state index contributed by atoms with van der Waals surface area (Å²) >= 11 is 5.92. The molecule has 138 valence electrons. The molecule has 0 spiro atoms. The van der Waals surface area contributed by atoms with Crippen LogP contribution in [0, 0.1) is 6.92 Å². The fourth-order valence-electron chi connectivity index (χ4n) is 2.62. The molecule has 1 atom stereocenters. The van der Waals surface area contributed by atoms with E-state index in [4.69, 9.17) is 11.6 Å². The van der Waals surface area contributed by atoms with Crippen molar-refractivity contribution in [2.75, 3.05) is 0 Å². The predicted molar refractivity (Wildman–Crippen MR) is 105 cm³/mol. The lowest BCUT2D eigenvalue weighted by Gasteiger charge is -2.28. The van der Waals surface area contributed by atoms with E-state index in [2.05, 4.69) is 5.32 Å². The summed E-state index contributed by atoms with van der Waals surface area (Å²) in [7, 11) is 0. The molecule has 0 unspecified atom stereocenters. The van der Waals surface area contributed by atoms with Crippen molar-refractivity contribution in [3.8, 4) is 0 Å². The molecule has 26 heavy (non-hydrogen) atoms. The van der Waals surface area contributed by atoms with E-state index < -0.39 is 6.04 Å². The van der Waals surface area contributed by atoms with Crippen LogP contribution < -0.4 is 5.32 Å². The third kappa shape index (κ3) is 5.60. The average molecular weight is 373 g/mol. The van der Waals surface area contributed by atoms with Crippen LogP contribution in [0.5, 0.6) is 0 Å². The maximum Gasteiger partial charge on any atom is 0.242 e. The summed E-state index contributed by atoms with van der Waals surface area (Å²) in [6, 6.07) is 14.8. The van der Waals surface area contributed by atoms with Crippen LogP contribution in [0.15, 0.2) is 48.5 Å². The third-order valence-corrected chi connectivity index (χ3v) is 4.58. The molecule has 0 saturated carbocycles. The monoisotopic (exact) mass is 372 g/mol. The second-order valence-corrected chi connectivity index (χ2v) is 6.82. The van der Waals surface area contributed by atoms with E-state index >= 15 is 0 Å². The zero-order valence-corrected chi connectivity index (χ0v) is 16.2. The van der Waals surface area contributed by atoms with Crippen molar-refractivity contribution >= 4 is 23.4 Å². The number of nitrogens with one attached hydrogen (secondary N) is 1. The maximum atomic E-state index is 12.6. The summed E-state index contributed by atoms with van der Waals surface area (Å²) in [6.07, 6.45) is 0.350. The molecule has 0 saturated heterocycles. The van der Waals surface area contributed by atoms with Gasteiger partial charge in [-0.15, -0.1) is 0 Å². The topological polar surface area (TPSA) is 49.4 Å². The number of rotatable bonds is 7. The summed E-state index contributed by atoms with van der Waals surface area (Å²) < 4.78 is 0. The van der Waals surface area contributed by atoms with E-state index in [-0.39, 0.29) is 11.8 Å². The van der Waals surface area contributed by atoms with E-state index in [1.165, 1.54) is 5.56 Å². The Bertz CT molecular complexity index is 742. The number of hydrogen-bond donors (Lipinski definition) is 1. The van der Waals surface area contributed by atoms with Crippen molar-refractivity contribution in [1.29, 1.82) is 0 Å². The number of aryl methyl sites for hydroxylation is 1. The lowest BCUT2D eigenvalue weighted by atomic mass is 10.1. The van der Waals surface area contributed by atoms with E-state index in [0.29, 0.717) is 24.5 Å². The highest BCUT2D eigenvalue weighted by molar-refractivity contribution is 6.30. The highest BCUT2D eigenvalue weighted by Gasteiger charge is 2.24. The van der Waals surface area contributed by atoms with Gasteiger partial charge in [-0.3, -0.25) is 9.59 Å². The highest BCUT2D eigenvalue weighted by atomic mass is 35.5. The quantitative estimate of drug-likeness (QED) is 0.795. The van der Waals surface area contributed by atoms with Gasteiger partial charge < -0.3 is 10.2 Å². The smallest absolute Gasteiger partial charge is 0.242 e. The number of hydrogen-bond acceptors (Lipinski definition) is 2. The van der Waals surface area contributed by atoms with Crippen molar-refractivity contribution in [3.05, 3.63) is 70.2 Å². The summed E-state index contributed by atoms with van der Waals surface area (Å²) in [6.45, 7) is 6.40. The largest absolute Gasteiger partial charge is 0.350 e. The normalized spacial score (nSPS) is 11.7. The number of benzene rings is 2. The number of nitrogens with zero attached hydrogens (tertiary/aromatic N) is 1. The standard InChI is InChI=1S/C21H25ClN2O2/c1-4-20(25)24(14-18-9-11-19(22)12-10-18)16(3)21(26)23-13-17-7-5-15(2)6-8-17/h5-12,16H,4,13-14H2,1-3H3,(H,23,26)/t16-/m1/s1. The molecule has 2 aromatic rings. The van der Waals surface area contributed by atoms with E-state index in [9.17, 15) is 9.59 Å². The van der Waals surface area contributed by atoms with Gasteiger partial charge in [0.25, 0.3) is 0 Å². The number of carbonyl (C=O) groups excluding carboxylic acids is 2. The first-order chi connectivity index (χ1) is 12.4. The summed E-state index contributed by atoms with van der Waals surface area (Å²) in [4.78, 5) is 26.5. The minimum Gasteiger partial charge on any atom is -0.350 e. The molecule has 0 aliphatic carbocycles. The lowest BCUT2D eigenvalue weighted by Crippen LogP contribution is -2.47. The minimum atomic E-state index is -0.552. The van der Waals surface area contributed by atoms with E-state index in [0.717, 1.165) is 11.1 Å². The molecule has 2 amide bonds. The molecule has 0 aliphatic heterocycles. The molecule has 0 aliphatic rings. The van der Waals surface area contributed by atoms with Crippen LogP contribution in [-0.4, -0.2) is 22.8 Å². The lowest BCUT2D eigenvalue weighted by molar-refractivity contribution is -0.140. The second-order valence-electron chi connectivity index (χ2n) is 6.38. The molecule has 5 heteroatoms. The van der Waals surface area contributed by atoms with Gasteiger partial charge in [-0.05, 0) is 37.1 Å². The first-order valence-corrected chi connectivity index (χ1v) is 9.15. The van der Waals surface area contributed by atoms with Gasteiger partial charge >= 0.3 is 0 Å². The molecule has 4 nitrogen and oxygen atoms in total. The molecule has 2 rings (SSSR count). The minimum absolute atomic E-state index is 0.0575.